The molecule has 112 valence electrons. The van der Waals surface area contributed by atoms with Gasteiger partial charge in [0.05, 0.1) is 0 Å². The molecule has 2 aliphatic rings. The molecule has 1 aliphatic carbocycles. The molecular formula is C14H27ClN2O2. The number of carbonyl (C=O) groups is 1. The Morgan fingerprint density at radius 3 is 2.58 bits per heavy atom. The Hall–Kier alpha value is -0.320. The van der Waals surface area contributed by atoms with E-state index >= 15 is 0 Å². The molecule has 2 rings (SSSR count). The second-order valence-corrected chi connectivity index (χ2v) is 5.89. The molecule has 0 aromatic rings. The van der Waals surface area contributed by atoms with Crippen molar-refractivity contribution in [3.05, 3.63) is 0 Å². The summed E-state index contributed by atoms with van der Waals surface area (Å²) in [6.45, 7) is 4.00. The first-order valence-corrected chi connectivity index (χ1v) is 7.23. The SMILES string of the molecule is COC1(C(=O)NC2CCCC(C)C2)CCNCC1.Cl. The quantitative estimate of drug-likeness (QED) is 0.834. The zero-order valence-electron chi connectivity index (χ0n) is 12.0. The van der Waals surface area contributed by atoms with E-state index < -0.39 is 5.60 Å². The van der Waals surface area contributed by atoms with Gasteiger partial charge < -0.3 is 15.4 Å². The predicted molar refractivity (Wildman–Crippen MR) is 78.7 cm³/mol. The third-order valence-corrected chi connectivity index (χ3v) is 4.49. The summed E-state index contributed by atoms with van der Waals surface area (Å²) in [5, 5.41) is 6.50. The molecule has 5 heteroatoms. The van der Waals surface area contributed by atoms with Crippen molar-refractivity contribution in [2.45, 2.75) is 57.1 Å². The van der Waals surface area contributed by atoms with Crippen LogP contribution in [0.15, 0.2) is 0 Å². The molecule has 1 saturated heterocycles. The Morgan fingerprint density at radius 1 is 1.32 bits per heavy atom. The zero-order valence-corrected chi connectivity index (χ0v) is 12.9. The van der Waals surface area contributed by atoms with Crippen molar-refractivity contribution in [1.29, 1.82) is 0 Å². The van der Waals surface area contributed by atoms with Gasteiger partial charge >= 0.3 is 0 Å². The number of hydrogen-bond donors (Lipinski definition) is 2. The van der Waals surface area contributed by atoms with Crippen molar-refractivity contribution < 1.29 is 9.53 Å². The Labute approximate surface area is 122 Å². The lowest BCUT2D eigenvalue weighted by molar-refractivity contribution is -0.147. The molecule has 2 unspecified atom stereocenters. The van der Waals surface area contributed by atoms with Crippen LogP contribution < -0.4 is 10.6 Å². The second-order valence-electron chi connectivity index (χ2n) is 5.89. The van der Waals surface area contributed by atoms with Gasteiger partial charge in [-0.3, -0.25) is 4.79 Å². The lowest BCUT2D eigenvalue weighted by Crippen LogP contribution is -2.56. The number of piperidine rings is 1. The molecule has 2 N–H and O–H groups in total. The monoisotopic (exact) mass is 290 g/mol. The maximum Gasteiger partial charge on any atom is 0.252 e. The van der Waals surface area contributed by atoms with Gasteiger partial charge in [-0.15, -0.1) is 12.4 Å². The van der Waals surface area contributed by atoms with E-state index in [0.29, 0.717) is 6.04 Å². The molecule has 19 heavy (non-hydrogen) atoms. The van der Waals surface area contributed by atoms with Crippen molar-refractivity contribution in [3.63, 3.8) is 0 Å². The molecule has 4 nitrogen and oxygen atoms in total. The highest BCUT2D eigenvalue weighted by molar-refractivity contribution is 5.86. The van der Waals surface area contributed by atoms with Gasteiger partial charge in [-0.05, 0) is 44.7 Å². The van der Waals surface area contributed by atoms with Gasteiger partial charge in [0.1, 0.15) is 5.60 Å². The predicted octanol–water partition coefficient (Wildman–Crippen LogP) is 1.87. The summed E-state index contributed by atoms with van der Waals surface area (Å²) in [5.41, 5.74) is -0.591. The molecule has 0 aromatic carbocycles. The van der Waals surface area contributed by atoms with Crippen LogP contribution in [-0.2, 0) is 9.53 Å². The van der Waals surface area contributed by atoms with Crippen molar-refractivity contribution in [2.24, 2.45) is 5.92 Å². The van der Waals surface area contributed by atoms with Gasteiger partial charge in [0.25, 0.3) is 5.91 Å². The molecule has 0 radical (unpaired) electrons. The van der Waals surface area contributed by atoms with Crippen LogP contribution in [0, 0.1) is 5.92 Å². The number of hydrogen-bond acceptors (Lipinski definition) is 3. The minimum atomic E-state index is -0.591. The van der Waals surface area contributed by atoms with Crippen LogP contribution in [0.25, 0.3) is 0 Å². The maximum absolute atomic E-state index is 12.5. The van der Waals surface area contributed by atoms with Crippen LogP contribution >= 0.6 is 12.4 Å². The van der Waals surface area contributed by atoms with Crippen molar-refractivity contribution in [3.8, 4) is 0 Å². The van der Waals surface area contributed by atoms with Gasteiger partial charge in [-0.25, -0.2) is 0 Å². The first kappa shape index (κ1) is 16.7. The largest absolute Gasteiger partial charge is 0.368 e. The van der Waals surface area contributed by atoms with E-state index in [2.05, 4.69) is 17.6 Å². The molecule has 1 amide bonds. The van der Waals surface area contributed by atoms with E-state index in [1.807, 2.05) is 0 Å². The molecule has 0 aromatic heterocycles. The summed E-state index contributed by atoms with van der Waals surface area (Å²) in [6.07, 6.45) is 6.31. The summed E-state index contributed by atoms with van der Waals surface area (Å²) >= 11 is 0. The minimum absolute atomic E-state index is 0. The standard InChI is InChI=1S/C14H26N2O2.ClH/c1-11-4-3-5-12(10-11)16-13(17)14(18-2)6-8-15-9-7-14;/h11-12,15H,3-10H2,1-2H3,(H,16,17);1H. The number of methoxy groups -OCH3 is 1. The molecule has 1 aliphatic heterocycles. The Kier molecular flexibility index (Phi) is 6.57. The minimum Gasteiger partial charge on any atom is -0.368 e. The summed E-state index contributed by atoms with van der Waals surface area (Å²) < 4.78 is 5.56. The topological polar surface area (TPSA) is 50.4 Å². The molecule has 2 fully saturated rings. The summed E-state index contributed by atoms with van der Waals surface area (Å²) in [6, 6.07) is 0.350. The third-order valence-electron chi connectivity index (χ3n) is 4.49. The zero-order chi connectivity index (χ0) is 13.0. The van der Waals surface area contributed by atoms with Crippen LogP contribution in [0.3, 0.4) is 0 Å². The molecular weight excluding hydrogens is 264 g/mol. The Balaban J connectivity index is 0.00000180. The Morgan fingerprint density at radius 2 is 2.00 bits per heavy atom. The molecule has 0 bridgehead atoms. The van der Waals surface area contributed by atoms with Crippen LogP contribution in [0.1, 0.15) is 45.4 Å². The van der Waals surface area contributed by atoms with Crippen molar-refractivity contribution in [2.75, 3.05) is 20.2 Å². The fraction of sp³-hybridized carbons (Fsp3) is 0.929. The fourth-order valence-corrected chi connectivity index (χ4v) is 3.24. The number of carbonyl (C=O) groups excluding carboxylic acids is 1. The number of halogens is 1. The van der Waals surface area contributed by atoms with E-state index in [1.165, 1.54) is 12.8 Å². The lowest BCUT2D eigenvalue weighted by atomic mass is 9.85. The summed E-state index contributed by atoms with van der Waals surface area (Å²) in [4.78, 5) is 12.5. The highest BCUT2D eigenvalue weighted by Gasteiger charge is 2.40. The first-order chi connectivity index (χ1) is 8.66. The highest BCUT2D eigenvalue weighted by Crippen LogP contribution is 2.26. The molecule has 0 spiro atoms. The van der Waals surface area contributed by atoms with Crippen molar-refractivity contribution in [1.82, 2.24) is 10.6 Å². The first-order valence-electron chi connectivity index (χ1n) is 7.23. The smallest absolute Gasteiger partial charge is 0.252 e. The van der Waals surface area contributed by atoms with E-state index in [-0.39, 0.29) is 18.3 Å². The van der Waals surface area contributed by atoms with Gasteiger partial charge in [0.2, 0.25) is 0 Å². The van der Waals surface area contributed by atoms with Crippen LogP contribution in [0.2, 0.25) is 0 Å². The van der Waals surface area contributed by atoms with Gasteiger partial charge in [-0.2, -0.15) is 0 Å². The van der Waals surface area contributed by atoms with Gasteiger partial charge in [0, 0.05) is 13.2 Å². The normalized spacial score (nSPS) is 30.2. The van der Waals surface area contributed by atoms with Gasteiger partial charge in [-0.1, -0.05) is 19.8 Å². The number of ether oxygens (including phenoxy) is 1. The molecule has 1 saturated carbocycles. The molecule has 1 heterocycles. The maximum atomic E-state index is 12.5. The lowest BCUT2D eigenvalue weighted by Gasteiger charge is -2.37. The van der Waals surface area contributed by atoms with Gasteiger partial charge in [0.15, 0.2) is 0 Å². The second kappa shape index (κ2) is 7.46. The number of rotatable bonds is 3. The summed E-state index contributed by atoms with van der Waals surface area (Å²) in [7, 11) is 1.66. The highest BCUT2D eigenvalue weighted by atomic mass is 35.5. The van der Waals surface area contributed by atoms with E-state index in [9.17, 15) is 4.79 Å². The van der Waals surface area contributed by atoms with Crippen LogP contribution in [0.5, 0.6) is 0 Å². The van der Waals surface area contributed by atoms with E-state index in [1.54, 1.807) is 7.11 Å². The number of amides is 1. The average molecular weight is 291 g/mol. The third kappa shape index (κ3) is 4.07. The van der Waals surface area contributed by atoms with Crippen LogP contribution in [-0.4, -0.2) is 37.7 Å². The van der Waals surface area contributed by atoms with E-state index in [4.69, 9.17) is 4.74 Å². The average Bonchev–Trinajstić information content (AvgIpc) is 2.39. The van der Waals surface area contributed by atoms with Crippen LogP contribution in [0.4, 0.5) is 0 Å². The number of nitrogens with one attached hydrogen (secondary N) is 2. The summed E-state index contributed by atoms with van der Waals surface area (Å²) in [5.74, 6) is 0.834. The molecule has 2 atom stereocenters. The fourth-order valence-electron chi connectivity index (χ4n) is 3.24. The Bertz CT molecular complexity index is 293. The van der Waals surface area contributed by atoms with E-state index in [0.717, 1.165) is 44.7 Å². The van der Waals surface area contributed by atoms with Crippen molar-refractivity contribution >= 4 is 18.3 Å².